The summed E-state index contributed by atoms with van der Waals surface area (Å²) in [6.07, 6.45) is 0. The van der Waals surface area contributed by atoms with Crippen LogP contribution in [0.3, 0.4) is 0 Å². The molecule has 38 heavy (non-hydrogen) atoms. The standard InChI is InChI=1S/C26H24N4O8/c31-17(37-13-15-7-3-1-4-8-15)11-29-21-19(23(33)27-25(29)35)22-20(21)24(34)28-26(36)30(22)12-18(32)38-14-16-9-5-2-6-10-16/h1-10,19-22H,11-14H2,(H,27,33,35)(H,28,34,36). The SMILES string of the molecule is O=C(CN1C(=O)NC(=O)C2C1C1C(=O)NC(=O)N(CC(=O)OCc3ccccc3)C21)OCc1ccccc1. The maximum Gasteiger partial charge on any atom is 0.326 e. The summed E-state index contributed by atoms with van der Waals surface area (Å²) >= 11 is 0. The molecule has 3 fully saturated rings. The highest BCUT2D eigenvalue weighted by Crippen LogP contribution is 2.45. The number of esters is 2. The number of urea groups is 2. The van der Waals surface area contributed by atoms with Crippen molar-refractivity contribution in [3.8, 4) is 0 Å². The summed E-state index contributed by atoms with van der Waals surface area (Å²) in [6, 6.07) is 14.2. The van der Waals surface area contributed by atoms with Crippen molar-refractivity contribution < 1.29 is 38.2 Å². The number of hydrogen-bond donors (Lipinski definition) is 2. The van der Waals surface area contributed by atoms with Gasteiger partial charge in [-0.1, -0.05) is 60.7 Å². The van der Waals surface area contributed by atoms with Gasteiger partial charge in [0.25, 0.3) is 0 Å². The van der Waals surface area contributed by atoms with Crippen molar-refractivity contribution in [2.24, 2.45) is 11.8 Å². The zero-order valence-electron chi connectivity index (χ0n) is 20.1. The van der Waals surface area contributed by atoms with Crippen LogP contribution in [0.4, 0.5) is 9.59 Å². The van der Waals surface area contributed by atoms with Gasteiger partial charge in [0.1, 0.15) is 26.3 Å². The highest BCUT2D eigenvalue weighted by atomic mass is 16.5. The average Bonchev–Trinajstić information content (AvgIpc) is 2.88. The van der Waals surface area contributed by atoms with Gasteiger partial charge in [-0.05, 0) is 11.1 Å². The number of carbonyl (C=O) groups is 6. The lowest BCUT2D eigenvalue weighted by molar-refractivity contribution is -0.169. The Kier molecular flexibility index (Phi) is 6.77. The molecule has 2 aliphatic heterocycles. The third kappa shape index (κ3) is 4.80. The van der Waals surface area contributed by atoms with E-state index in [0.717, 1.165) is 20.9 Å². The molecule has 0 unspecified atom stereocenters. The van der Waals surface area contributed by atoms with Crippen molar-refractivity contribution in [3.05, 3.63) is 71.8 Å². The van der Waals surface area contributed by atoms with Crippen LogP contribution in [-0.4, -0.2) is 70.8 Å². The molecule has 6 amide bonds. The molecule has 1 aliphatic carbocycles. The predicted octanol–water partition coefficient (Wildman–Crippen LogP) is 0.560. The molecule has 0 atom stereocenters. The Morgan fingerprint density at radius 2 is 1.00 bits per heavy atom. The Morgan fingerprint density at radius 3 is 1.37 bits per heavy atom. The van der Waals surface area contributed by atoms with E-state index >= 15 is 0 Å². The van der Waals surface area contributed by atoms with E-state index in [1.807, 2.05) is 12.1 Å². The van der Waals surface area contributed by atoms with E-state index in [1.54, 1.807) is 48.5 Å². The summed E-state index contributed by atoms with van der Waals surface area (Å²) in [5.41, 5.74) is 1.50. The molecule has 2 aromatic rings. The van der Waals surface area contributed by atoms with Gasteiger partial charge in [0.15, 0.2) is 0 Å². The van der Waals surface area contributed by atoms with Crippen LogP contribution in [0.25, 0.3) is 0 Å². The first kappa shape index (κ1) is 24.9. The highest BCUT2D eigenvalue weighted by Gasteiger charge is 2.67. The molecule has 2 N–H and O–H groups in total. The summed E-state index contributed by atoms with van der Waals surface area (Å²) in [5, 5.41) is 4.36. The second kappa shape index (κ2) is 10.3. The van der Waals surface area contributed by atoms with Crippen LogP contribution in [0.1, 0.15) is 11.1 Å². The number of nitrogens with zero attached hydrogens (tertiary/aromatic N) is 2. The number of fused-ring (bicyclic) bond motifs is 4. The number of imide groups is 2. The quantitative estimate of drug-likeness (QED) is 0.479. The molecule has 12 nitrogen and oxygen atoms in total. The van der Waals surface area contributed by atoms with Crippen molar-refractivity contribution in [1.82, 2.24) is 20.4 Å². The topological polar surface area (TPSA) is 151 Å². The maximum atomic E-state index is 12.8. The lowest BCUT2D eigenvalue weighted by atomic mass is 9.61. The normalized spacial score (nSPS) is 23.9. The van der Waals surface area contributed by atoms with E-state index in [9.17, 15) is 28.8 Å². The molecular weight excluding hydrogens is 496 g/mol. The Hall–Kier alpha value is -4.74. The van der Waals surface area contributed by atoms with Crippen LogP contribution in [-0.2, 0) is 41.9 Å². The molecule has 5 rings (SSSR count). The number of hydrogen-bond acceptors (Lipinski definition) is 8. The summed E-state index contributed by atoms with van der Waals surface area (Å²) in [5.74, 6) is -4.88. The molecule has 2 saturated heterocycles. The molecular formula is C26H24N4O8. The Morgan fingerprint density at radius 1 is 0.632 bits per heavy atom. The highest BCUT2D eigenvalue weighted by molar-refractivity contribution is 6.07. The van der Waals surface area contributed by atoms with Crippen LogP contribution in [0.5, 0.6) is 0 Å². The van der Waals surface area contributed by atoms with Gasteiger partial charge in [0, 0.05) is 0 Å². The van der Waals surface area contributed by atoms with Gasteiger partial charge in [-0.25, -0.2) is 9.59 Å². The minimum Gasteiger partial charge on any atom is -0.459 e. The van der Waals surface area contributed by atoms with Crippen molar-refractivity contribution in [2.75, 3.05) is 13.1 Å². The van der Waals surface area contributed by atoms with Gasteiger partial charge in [-0.15, -0.1) is 0 Å². The fourth-order valence-corrected chi connectivity index (χ4v) is 5.09. The smallest absolute Gasteiger partial charge is 0.326 e. The van der Waals surface area contributed by atoms with Crippen LogP contribution < -0.4 is 10.6 Å². The number of rotatable bonds is 8. The van der Waals surface area contributed by atoms with Crippen LogP contribution >= 0.6 is 0 Å². The molecule has 12 heteroatoms. The van der Waals surface area contributed by atoms with E-state index in [2.05, 4.69) is 10.6 Å². The molecule has 2 heterocycles. The Bertz CT molecular complexity index is 1180. The fraction of sp³-hybridized carbons (Fsp3) is 0.308. The first-order valence-corrected chi connectivity index (χ1v) is 12.0. The Balaban J connectivity index is 1.27. The van der Waals surface area contributed by atoms with E-state index in [-0.39, 0.29) is 13.2 Å². The van der Waals surface area contributed by atoms with E-state index in [0.29, 0.717) is 0 Å². The molecule has 0 spiro atoms. The van der Waals surface area contributed by atoms with E-state index in [4.69, 9.17) is 9.47 Å². The predicted molar refractivity (Wildman–Crippen MR) is 128 cm³/mol. The zero-order chi connectivity index (χ0) is 26.8. The molecule has 2 aromatic carbocycles. The molecule has 3 aliphatic rings. The fourth-order valence-electron chi connectivity index (χ4n) is 5.09. The molecule has 0 radical (unpaired) electrons. The first-order chi connectivity index (χ1) is 18.3. The first-order valence-electron chi connectivity index (χ1n) is 12.0. The summed E-state index contributed by atoms with van der Waals surface area (Å²) < 4.78 is 10.5. The van der Waals surface area contributed by atoms with Gasteiger partial charge in [0.05, 0.1) is 23.9 Å². The largest absolute Gasteiger partial charge is 0.459 e. The number of benzene rings is 2. The second-order valence-corrected chi connectivity index (χ2v) is 9.17. The molecule has 196 valence electrons. The minimum absolute atomic E-state index is 0.0118. The van der Waals surface area contributed by atoms with Crippen LogP contribution in [0, 0.1) is 11.8 Å². The van der Waals surface area contributed by atoms with Crippen molar-refractivity contribution in [2.45, 2.75) is 25.3 Å². The number of nitrogens with one attached hydrogen (secondary N) is 2. The minimum atomic E-state index is -1.02. The number of carbonyl (C=O) groups excluding carboxylic acids is 6. The summed E-state index contributed by atoms with van der Waals surface area (Å²) in [4.78, 5) is 78.0. The van der Waals surface area contributed by atoms with Crippen LogP contribution in [0.15, 0.2) is 60.7 Å². The molecule has 0 aromatic heterocycles. The monoisotopic (exact) mass is 520 g/mol. The van der Waals surface area contributed by atoms with Gasteiger partial charge >= 0.3 is 24.0 Å². The lowest BCUT2D eigenvalue weighted by Gasteiger charge is -2.60. The number of ether oxygens (including phenoxy) is 2. The summed E-state index contributed by atoms with van der Waals surface area (Å²) in [6.45, 7) is -1.03. The van der Waals surface area contributed by atoms with Crippen molar-refractivity contribution in [3.63, 3.8) is 0 Å². The zero-order valence-corrected chi connectivity index (χ0v) is 20.1. The van der Waals surface area contributed by atoms with Gasteiger partial charge in [-0.3, -0.25) is 29.8 Å². The molecule has 1 saturated carbocycles. The average molecular weight is 520 g/mol. The van der Waals surface area contributed by atoms with Gasteiger partial charge in [-0.2, -0.15) is 0 Å². The van der Waals surface area contributed by atoms with E-state index in [1.165, 1.54) is 0 Å². The van der Waals surface area contributed by atoms with E-state index < -0.39 is 72.8 Å². The second-order valence-electron chi connectivity index (χ2n) is 9.17. The maximum absolute atomic E-state index is 12.8. The number of amides is 6. The molecule has 0 bridgehead atoms. The lowest BCUT2D eigenvalue weighted by Crippen LogP contribution is -2.83. The summed E-state index contributed by atoms with van der Waals surface area (Å²) in [7, 11) is 0. The van der Waals surface area contributed by atoms with Gasteiger partial charge < -0.3 is 19.3 Å². The van der Waals surface area contributed by atoms with Gasteiger partial charge in [0.2, 0.25) is 11.8 Å². The van der Waals surface area contributed by atoms with Crippen molar-refractivity contribution in [1.29, 1.82) is 0 Å². The van der Waals surface area contributed by atoms with Crippen molar-refractivity contribution >= 4 is 35.8 Å². The Labute approximate surface area is 216 Å². The third-order valence-corrected chi connectivity index (χ3v) is 6.86. The third-order valence-electron chi connectivity index (χ3n) is 6.86. The van der Waals surface area contributed by atoms with Crippen LogP contribution in [0.2, 0.25) is 0 Å².